The summed E-state index contributed by atoms with van der Waals surface area (Å²) in [5.74, 6) is -0.389. The van der Waals surface area contributed by atoms with E-state index in [0.29, 0.717) is 6.42 Å². The summed E-state index contributed by atoms with van der Waals surface area (Å²) in [6.45, 7) is 1.30. The first-order chi connectivity index (χ1) is 6.37. The molecule has 0 amide bonds. The summed E-state index contributed by atoms with van der Waals surface area (Å²) in [6, 6.07) is 0. The lowest BCUT2D eigenvalue weighted by molar-refractivity contribution is -0.144. The minimum atomic E-state index is -3.45. The lowest BCUT2D eigenvalue weighted by atomic mass is 10.3. The highest BCUT2D eigenvalue weighted by Crippen LogP contribution is 2.18. The smallest absolute Gasteiger partial charge is 0.303 e. The fraction of sp³-hybridized carbons (Fsp3) is 0.625. The largest absolute Gasteiger partial charge is 0.458 e. The summed E-state index contributed by atoms with van der Waals surface area (Å²) < 4.78 is 31.1. The van der Waals surface area contributed by atoms with E-state index in [0.717, 1.165) is 6.26 Å². The third kappa shape index (κ3) is 3.89. The molecule has 5 nitrogen and oxygen atoms in total. The summed E-state index contributed by atoms with van der Waals surface area (Å²) in [5, 5.41) is 0. The summed E-state index contributed by atoms with van der Waals surface area (Å²) in [4.78, 5) is 10.6. The van der Waals surface area contributed by atoms with Crippen molar-refractivity contribution < 1.29 is 22.1 Å². The van der Waals surface area contributed by atoms with Crippen molar-refractivity contribution >= 4 is 16.1 Å². The second-order valence-corrected chi connectivity index (χ2v) is 4.71. The zero-order chi connectivity index (χ0) is 10.8. The van der Waals surface area contributed by atoms with E-state index < -0.39 is 16.2 Å². The third-order valence-corrected chi connectivity index (χ3v) is 2.22. The van der Waals surface area contributed by atoms with Gasteiger partial charge in [-0.2, -0.15) is 8.42 Å². The first kappa shape index (κ1) is 11.2. The van der Waals surface area contributed by atoms with Crippen LogP contribution in [-0.4, -0.2) is 32.9 Å². The highest BCUT2D eigenvalue weighted by atomic mass is 32.2. The lowest BCUT2D eigenvalue weighted by Gasteiger charge is -2.11. The van der Waals surface area contributed by atoms with Crippen LogP contribution in [0.15, 0.2) is 12.2 Å². The Hall–Kier alpha value is -0.880. The van der Waals surface area contributed by atoms with Crippen molar-refractivity contribution in [2.75, 3.05) is 6.26 Å². The van der Waals surface area contributed by atoms with Gasteiger partial charge in [0.15, 0.2) is 0 Å². The van der Waals surface area contributed by atoms with Gasteiger partial charge in [-0.1, -0.05) is 6.08 Å². The van der Waals surface area contributed by atoms with Crippen molar-refractivity contribution in [2.45, 2.75) is 25.6 Å². The maximum absolute atomic E-state index is 10.8. The zero-order valence-corrected chi connectivity index (χ0v) is 8.78. The van der Waals surface area contributed by atoms with Crippen LogP contribution >= 0.6 is 0 Å². The van der Waals surface area contributed by atoms with E-state index in [9.17, 15) is 13.2 Å². The van der Waals surface area contributed by atoms with Gasteiger partial charge in [-0.25, -0.2) is 0 Å². The molecule has 1 aliphatic carbocycles. The number of esters is 1. The van der Waals surface area contributed by atoms with Crippen molar-refractivity contribution in [1.82, 2.24) is 0 Å². The van der Waals surface area contributed by atoms with Crippen molar-refractivity contribution in [3.63, 3.8) is 0 Å². The molecular formula is C8H12O5S. The monoisotopic (exact) mass is 220 g/mol. The molecule has 0 aliphatic heterocycles. The van der Waals surface area contributed by atoms with Crippen LogP contribution in [0.2, 0.25) is 0 Å². The molecule has 0 saturated carbocycles. The molecule has 1 rings (SSSR count). The number of carbonyl (C=O) groups is 1. The van der Waals surface area contributed by atoms with Gasteiger partial charge in [-0.3, -0.25) is 8.98 Å². The van der Waals surface area contributed by atoms with Gasteiger partial charge in [0.05, 0.1) is 12.4 Å². The molecule has 6 heteroatoms. The first-order valence-electron chi connectivity index (χ1n) is 4.10. The fourth-order valence-electron chi connectivity index (χ4n) is 1.23. The molecule has 0 aromatic carbocycles. The Morgan fingerprint density at radius 3 is 2.43 bits per heavy atom. The van der Waals surface area contributed by atoms with Crippen molar-refractivity contribution in [3.05, 3.63) is 12.2 Å². The van der Waals surface area contributed by atoms with Crippen LogP contribution in [-0.2, 0) is 23.8 Å². The summed E-state index contributed by atoms with van der Waals surface area (Å²) >= 11 is 0. The molecule has 2 atom stereocenters. The Morgan fingerprint density at radius 1 is 1.36 bits per heavy atom. The van der Waals surface area contributed by atoms with Crippen LogP contribution in [0.5, 0.6) is 0 Å². The van der Waals surface area contributed by atoms with Gasteiger partial charge < -0.3 is 4.74 Å². The highest BCUT2D eigenvalue weighted by molar-refractivity contribution is 7.86. The van der Waals surface area contributed by atoms with E-state index in [1.54, 1.807) is 12.2 Å². The molecule has 0 fully saturated rings. The van der Waals surface area contributed by atoms with Crippen LogP contribution in [0.3, 0.4) is 0 Å². The Kier molecular flexibility index (Phi) is 3.28. The average Bonchev–Trinajstić information content (AvgIpc) is 2.30. The van der Waals surface area contributed by atoms with Crippen LogP contribution < -0.4 is 0 Å². The molecule has 0 saturated heterocycles. The molecule has 0 spiro atoms. The second kappa shape index (κ2) is 4.10. The molecule has 14 heavy (non-hydrogen) atoms. The van der Waals surface area contributed by atoms with E-state index in [2.05, 4.69) is 0 Å². The summed E-state index contributed by atoms with van der Waals surface area (Å²) in [5.41, 5.74) is 0. The van der Waals surface area contributed by atoms with Gasteiger partial charge in [-0.15, -0.1) is 0 Å². The molecule has 1 aliphatic rings. The molecule has 80 valence electrons. The van der Waals surface area contributed by atoms with Gasteiger partial charge in [0.2, 0.25) is 0 Å². The average molecular weight is 220 g/mol. The molecule has 0 bridgehead atoms. The Morgan fingerprint density at radius 2 is 1.93 bits per heavy atom. The van der Waals surface area contributed by atoms with Crippen LogP contribution in [0.1, 0.15) is 13.3 Å². The number of hydrogen-bond donors (Lipinski definition) is 0. The minimum absolute atomic E-state index is 0.354. The van der Waals surface area contributed by atoms with Crippen molar-refractivity contribution in [3.8, 4) is 0 Å². The first-order valence-corrected chi connectivity index (χ1v) is 5.92. The molecule has 0 unspecified atom stereocenters. The lowest BCUT2D eigenvalue weighted by Crippen LogP contribution is -2.18. The Bertz CT molecular complexity index is 343. The molecular weight excluding hydrogens is 208 g/mol. The quantitative estimate of drug-likeness (QED) is 0.386. The maximum Gasteiger partial charge on any atom is 0.303 e. The summed E-state index contributed by atoms with van der Waals surface area (Å²) in [6.07, 6.45) is 3.65. The number of carbonyl (C=O) groups excluding carboxylic acids is 1. The molecule has 0 N–H and O–H groups in total. The number of ether oxygens (including phenoxy) is 1. The Labute approximate surface area is 82.8 Å². The van der Waals surface area contributed by atoms with Crippen molar-refractivity contribution in [1.29, 1.82) is 0 Å². The topological polar surface area (TPSA) is 69.7 Å². The Balaban J connectivity index is 2.44. The van der Waals surface area contributed by atoms with Crippen LogP contribution in [0, 0.1) is 0 Å². The SMILES string of the molecule is CC(=O)O[C@H]1C=C[C@H](OS(C)(=O)=O)C1. The predicted octanol–water partition coefficient (Wildman–Crippen LogP) is 0.223. The van der Waals surface area contributed by atoms with Crippen LogP contribution in [0.4, 0.5) is 0 Å². The van der Waals surface area contributed by atoms with E-state index in [1.807, 2.05) is 0 Å². The standard InChI is InChI=1S/C8H12O5S/c1-6(9)12-7-3-4-8(5-7)13-14(2,10)11/h3-4,7-8H,5H2,1-2H3/t7-,8-/m0/s1. The second-order valence-electron chi connectivity index (χ2n) is 3.11. The highest BCUT2D eigenvalue weighted by Gasteiger charge is 2.24. The van der Waals surface area contributed by atoms with Gasteiger partial charge in [0.1, 0.15) is 6.10 Å². The van der Waals surface area contributed by atoms with Crippen molar-refractivity contribution in [2.24, 2.45) is 0 Å². The third-order valence-electron chi connectivity index (χ3n) is 1.62. The van der Waals surface area contributed by atoms with Crippen LogP contribution in [0.25, 0.3) is 0 Å². The van der Waals surface area contributed by atoms with E-state index in [1.165, 1.54) is 6.92 Å². The zero-order valence-electron chi connectivity index (χ0n) is 7.97. The van der Waals surface area contributed by atoms with Gasteiger partial charge in [0.25, 0.3) is 10.1 Å². The molecule has 0 aromatic rings. The molecule has 0 heterocycles. The summed E-state index contributed by atoms with van der Waals surface area (Å²) in [7, 11) is -3.45. The molecule has 0 aromatic heterocycles. The predicted molar refractivity (Wildman–Crippen MR) is 49.0 cm³/mol. The van der Waals surface area contributed by atoms with Gasteiger partial charge >= 0.3 is 5.97 Å². The fourth-order valence-corrected chi connectivity index (χ4v) is 1.82. The van der Waals surface area contributed by atoms with E-state index in [4.69, 9.17) is 8.92 Å². The van der Waals surface area contributed by atoms with Gasteiger partial charge in [-0.05, 0) is 6.08 Å². The van der Waals surface area contributed by atoms with Gasteiger partial charge in [0, 0.05) is 13.3 Å². The van der Waals surface area contributed by atoms with E-state index >= 15 is 0 Å². The minimum Gasteiger partial charge on any atom is -0.458 e. The molecule has 0 radical (unpaired) electrons. The normalized spacial score (nSPS) is 26.4. The van der Waals surface area contributed by atoms with E-state index in [-0.39, 0.29) is 12.1 Å². The number of hydrogen-bond acceptors (Lipinski definition) is 5. The maximum atomic E-state index is 10.8. The number of rotatable bonds is 3.